The van der Waals surface area contributed by atoms with E-state index in [9.17, 15) is 20.4 Å². The summed E-state index contributed by atoms with van der Waals surface area (Å²) in [6.07, 6.45) is 0. The molecule has 0 saturated carbocycles. The number of benzene rings is 3. The van der Waals surface area contributed by atoms with E-state index in [-0.39, 0.29) is 23.0 Å². The van der Waals surface area contributed by atoms with Gasteiger partial charge in [0.2, 0.25) is 0 Å². The molecule has 0 spiro atoms. The first kappa shape index (κ1) is 15.7. The zero-order valence-electron chi connectivity index (χ0n) is 13.1. The fourth-order valence-corrected chi connectivity index (χ4v) is 3.11. The topological polar surface area (TPSA) is 80.9 Å². The van der Waals surface area contributed by atoms with Crippen LogP contribution in [-0.4, -0.2) is 20.4 Å². The Balaban J connectivity index is 2.33. The van der Waals surface area contributed by atoms with Crippen LogP contribution in [0.2, 0.25) is 0 Å². The number of hydrogen-bond donors (Lipinski definition) is 4. The molecule has 4 N–H and O–H groups in total. The number of phenolic OH excluding ortho intramolecular Hbond substituents is 4. The van der Waals surface area contributed by atoms with Crippen molar-refractivity contribution in [3.63, 3.8) is 0 Å². The van der Waals surface area contributed by atoms with Gasteiger partial charge in [0.15, 0.2) is 0 Å². The molecule has 4 nitrogen and oxygen atoms in total. The second kappa shape index (κ2) is 5.81. The fraction of sp³-hybridized carbons (Fsp3) is 0.100. The molecule has 4 heteroatoms. The van der Waals surface area contributed by atoms with Crippen LogP contribution >= 0.6 is 0 Å². The summed E-state index contributed by atoms with van der Waals surface area (Å²) in [5.41, 5.74) is 1.04. The van der Waals surface area contributed by atoms with Gasteiger partial charge >= 0.3 is 0 Å². The molecular weight excluding hydrogens is 304 g/mol. The normalized spacial score (nSPS) is 11.4. The Morgan fingerprint density at radius 1 is 0.625 bits per heavy atom. The summed E-state index contributed by atoms with van der Waals surface area (Å²) in [4.78, 5) is 0. The molecule has 3 rings (SSSR count). The van der Waals surface area contributed by atoms with Gasteiger partial charge < -0.3 is 20.4 Å². The number of rotatable bonds is 3. The third kappa shape index (κ3) is 2.52. The highest BCUT2D eigenvalue weighted by Crippen LogP contribution is 2.46. The molecule has 0 aliphatic heterocycles. The van der Waals surface area contributed by atoms with E-state index in [0.29, 0.717) is 11.1 Å². The molecular formula is C20H18O4. The minimum Gasteiger partial charge on any atom is -0.508 e. The molecule has 0 saturated heterocycles. The smallest absolute Gasteiger partial charge is 0.123 e. The highest BCUT2D eigenvalue weighted by Gasteiger charge is 2.35. The lowest BCUT2D eigenvalue weighted by molar-refractivity contribution is 0.427. The van der Waals surface area contributed by atoms with Crippen LogP contribution in [0.25, 0.3) is 0 Å². The van der Waals surface area contributed by atoms with Crippen molar-refractivity contribution in [2.45, 2.75) is 12.3 Å². The van der Waals surface area contributed by atoms with E-state index in [1.807, 2.05) is 37.3 Å². The van der Waals surface area contributed by atoms with E-state index in [4.69, 9.17) is 0 Å². The Kier molecular flexibility index (Phi) is 3.81. The molecule has 0 aliphatic carbocycles. The lowest BCUT2D eigenvalue weighted by Gasteiger charge is -2.33. The molecule has 122 valence electrons. The zero-order chi connectivity index (χ0) is 17.3. The number of aromatic hydroxyl groups is 4. The summed E-state index contributed by atoms with van der Waals surface area (Å²) in [6.45, 7) is 1.88. The summed E-state index contributed by atoms with van der Waals surface area (Å²) in [7, 11) is 0. The molecule has 0 atom stereocenters. The average molecular weight is 322 g/mol. The standard InChI is InChI=1S/C20H18O4/c1-20(13-5-3-2-4-6-13,16-9-7-14(21)11-18(16)23)17-10-8-15(22)12-19(17)24/h2-12,21-24H,1H3. The van der Waals surface area contributed by atoms with E-state index in [2.05, 4.69) is 0 Å². The summed E-state index contributed by atoms with van der Waals surface area (Å²) in [5, 5.41) is 40.0. The molecule has 0 radical (unpaired) electrons. The van der Waals surface area contributed by atoms with E-state index in [1.165, 1.54) is 24.3 Å². The Morgan fingerprint density at radius 3 is 1.50 bits per heavy atom. The minimum atomic E-state index is -0.878. The summed E-state index contributed by atoms with van der Waals surface area (Å²) < 4.78 is 0. The highest BCUT2D eigenvalue weighted by atomic mass is 16.3. The average Bonchev–Trinajstić information content (AvgIpc) is 2.55. The molecule has 0 aliphatic rings. The van der Waals surface area contributed by atoms with Gasteiger partial charge in [-0.05, 0) is 24.6 Å². The van der Waals surface area contributed by atoms with Gasteiger partial charge in [0.05, 0.1) is 0 Å². The Labute approximate surface area is 139 Å². The van der Waals surface area contributed by atoms with Crippen molar-refractivity contribution >= 4 is 0 Å². The fourth-order valence-electron chi connectivity index (χ4n) is 3.11. The van der Waals surface area contributed by atoms with Crippen LogP contribution in [0.15, 0.2) is 66.7 Å². The predicted molar refractivity (Wildman–Crippen MR) is 91.5 cm³/mol. The van der Waals surface area contributed by atoms with Crippen molar-refractivity contribution < 1.29 is 20.4 Å². The van der Waals surface area contributed by atoms with E-state index < -0.39 is 5.41 Å². The van der Waals surface area contributed by atoms with Crippen LogP contribution in [-0.2, 0) is 5.41 Å². The number of phenols is 4. The van der Waals surface area contributed by atoms with Crippen LogP contribution in [0, 0.1) is 0 Å². The van der Waals surface area contributed by atoms with Crippen LogP contribution in [0.1, 0.15) is 23.6 Å². The third-order valence-electron chi connectivity index (χ3n) is 4.39. The predicted octanol–water partition coefficient (Wildman–Crippen LogP) is 3.86. The zero-order valence-corrected chi connectivity index (χ0v) is 13.1. The monoisotopic (exact) mass is 322 g/mol. The molecule has 3 aromatic rings. The van der Waals surface area contributed by atoms with E-state index in [0.717, 1.165) is 5.56 Å². The van der Waals surface area contributed by atoms with Gasteiger partial charge in [0, 0.05) is 28.7 Å². The van der Waals surface area contributed by atoms with Crippen LogP contribution in [0.5, 0.6) is 23.0 Å². The van der Waals surface area contributed by atoms with Crippen LogP contribution < -0.4 is 0 Å². The first-order valence-corrected chi connectivity index (χ1v) is 7.53. The summed E-state index contributed by atoms with van der Waals surface area (Å²) >= 11 is 0. The van der Waals surface area contributed by atoms with Gasteiger partial charge in [0.25, 0.3) is 0 Å². The minimum absolute atomic E-state index is 0.0402. The van der Waals surface area contributed by atoms with Crippen LogP contribution in [0.4, 0.5) is 0 Å². The maximum Gasteiger partial charge on any atom is 0.123 e. The van der Waals surface area contributed by atoms with Gasteiger partial charge in [-0.15, -0.1) is 0 Å². The van der Waals surface area contributed by atoms with Gasteiger partial charge in [0.1, 0.15) is 23.0 Å². The lowest BCUT2D eigenvalue weighted by atomic mass is 9.70. The Hall–Kier alpha value is -3.14. The maximum atomic E-state index is 10.4. The molecule has 0 unspecified atom stereocenters. The third-order valence-corrected chi connectivity index (χ3v) is 4.39. The molecule has 3 aromatic carbocycles. The maximum absolute atomic E-state index is 10.4. The van der Waals surface area contributed by atoms with Crippen molar-refractivity contribution in [2.75, 3.05) is 0 Å². The molecule has 0 fully saturated rings. The van der Waals surface area contributed by atoms with E-state index in [1.54, 1.807) is 12.1 Å². The second-order valence-electron chi connectivity index (χ2n) is 5.89. The molecule has 0 heterocycles. The molecule has 0 aromatic heterocycles. The summed E-state index contributed by atoms with van der Waals surface area (Å²) in [6, 6.07) is 18.2. The largest absolute Gasteiger partial charge is 0.508 e. The second-order valence-corrected chi connectivity index (χ2v) is 5.89. The lowest BCUT2D eigenvalue weighted by Crippen LogP contribution is -2.25. The Bertz CT molecular complexity index is 821. The van der Waals surface area contributed by atoms with E-state index >= 15 is 0 Å². The molecule has 0 amide bonds. The van der Waals surface area contributed by atoms with Crippen LogP contribution in [0.3, 0.4) is 0 Å². The SMILES string of the molecule is CC(c1ccccc1)(c1ccc(O)cc1O)c1ccc(O)cc1O. The first-order chi connectivity index (χ1) is 11.4. The van der Waals surface area contributed by atoms with Crippen molar-refractivity contribution in [3.8, 4) is 23.0 Å². The first-order valence-electron chi connectivity index (χ1n) is 7.53. The van der Waals surface area contributed by atoms with Gasteiger partial charge in [-0.3, -0.25) is 0 Å². The van der Waals surface area contributed by atoms with Gasteiger partial charge in [-0.1, -0.05) is 42.5 Å². The van der Waals surface area contributed by atoms with Crippen molar-refractivity contribution in [2.24, 2.45) is 0 Å². The highest BCUT2D eigenvalue weighted by molar-refractivity contribution is 5.59. The number of hydrogen-bond acceptors (Lipinski definition) is 4. The Morgan fingerprint density at radius 2 is 1.08 bits per heavy atom. The molecule has 24 heavy (non-hydrogen) atoms. The molecule has 0 bridgehead atoms. The quantitative estimate of drug-likeness (QED) is 0.552. The van der Waals surface area contributed by atoms with Crippen molar-refractivity contribution in [1.82, 2.24) is 0 Å². The van der Waals surface area contributed by atoms with Gasteiger partial charge in [-0.25, -0.2) is 0 Å². The van der Waals surface area contributed by atoms with Crippen molar-refractivity contribution in [1.29, 1.82) is 0 Å². The summed E-state index contributed by atoms with van der Waals surface area (Å²) in [5.74, 6) is -0.231. The van der Waals surface area contributed by atoms with Gasteiger partial charge in [-0.2, -0.15) is 0 Å². The van der Waals surface area contributed by atoms with Crippen molar-refractivity contribution in [3.05, 3.63) is 83.4 Å².